The van der Waals surface area contributed by atoms with Gasteiger partial charge in [-0.25, -0.2) is 4.39 Å². The Hall–Kier alpha value is -1.87. The third-order valence-corrected chi connectivity index (χ3v) is 3.59. The Morgan fingerprint density at radius 1 is 0.950 bits per heavy atom. The summed E-state index contributed by atoms with van der Waals surface area (Å²) in [6.07, 6.45) is 0. The van der Waals surface area contributed by atoms with E-state index in [1.54, 1.807) is 26.2 Å². The van der Waals surface area contributed by atoms with Crippen LogP contribution in [0.2, 0.25) is 0 Å². The summed E-state index contributed by atoms with van der Waals surface area (Å²) in [5.74, 6) is 0.680. The molecule has 0 aliphatic heterocycles. The number of aryl methyl sites for hydroxylation is 3. The Balaban J connectivity index is 2.42. The summed E-state index contributed by atoms with van der Waals surface area (Å²) in [6.45, 7) is 5.74. The molecule has 0 heterocycles. The second-order valence-corrected chi connectivity index (χ2v) is 5.17. The van der Waals surface area contributed by atoms with E-state index in [-0.39, 0.29) is 11.9 Å². The quantitative estimate of drug-likeness (QED) is 0.923. The summed E-state index contributed by atoms with van der Waals surface area (Å²) in [6, 6.07) is 8.78. The van der Waals surface area contributed by atoms with E-state index in [0.29, 0.717) is 5.56 Å². The van der Waals surface area contributed by atoms with Gasteiger partial charge in [0.1, 0.15) is 11.6 Å². The van der Waals surface area contributed by atoms with Crippen molar-refractivity contribution in [2.75, 3.05) is 7.11 Å². The third kappa shape index (κ3) is 2.68. The molecule has 0 radical (unpaired) electrons. The lowest BCUT2D eigenvalue weighted by molar-refractivity contribution is 0.408. The second kappa shape index (κ2) is 5.63. The number of rotatable bonds is 3. The predicted molar refractivity (Wildman–Crippen MR) is 79.6 cm³/mol. The zero-order chi connectivity index (χ0) is 14.9. The lowest BCUT2D eigenvalue weighted by atomic mass is 9.95. The monoisotopic (exact) mass is 273 g/mol. The molecule has 0 bridgehead atoms. The van der Waals surface area contributed by atoms with Gasteiger partial charge in [0.05, 0.1) is 13.2 Å². The Labute approximate surface area is 119 Å². The van der Waals surface area contributed by atoms with Gasteiger partial charge in [-0.2, -0.15) is 0 Å². The highest BCUT2D eigenvalue weighted by Gasteiger charge is 2.13. The van der Waals surface area contributed by atoms with E-state index in [2.05, 4.69) is 0 Å². The minimum atomic E-state index is -0.266. The van der Waals surface area contributed by atoms with Crippen molar-refractivity contribution in [2.45, 2.75) is 26.8 Å². The molecule has 0 aliphatic rings. The maximum absolute atomic E-state index is 13.3. The van der Waals surface area contributed by atoms with Crippen LogP contribution in [0.4, 0.5) is 4.39 Å². The first-order valence-electron chi connectivity index (χ1n) is 6.60. The molecule has 1 unspecified atom stereocenters. The van der Waals surface area contributed by atoms with Crippen molar-refractivity contribution in [1.29, 1.82) is 0 Å². The normalized spacial score (nSPS) is 12.3. The molecular weight excluding hydrogens is 253 g/mol. The lowest BCUT2D eigenvalue weighted by Gasteiger charge is -2.17. The molecule has 1 atom stereocenters. The Morgan fingerprint density at radius 3 is 2.00 bits per heavy atom. The van der Waals surface area contributed by atoms with E-state index in [1.807, 2.05) is 26.0 Å². The SMILES string of the molecule is COc1c(C)cc(C(N)c2ccc(F)c(C)c2)cc1C. The fraction of sp³-hybridized carbons (Fsp3) is 0.294. The Kier molecular flexibility index (Phi) is 4.09. The zero-order valence-corrected chi connectivity index (χ0v) is 12.3. The summed E-state index contributed by atoms with van der Waals surface area (Å²) in [5.41, 5.74) is 10.9. The molecule has 0 aromatic heterocycles. The number of hydrogen-bond acceptors (Lipinski definition) is 2. The van der Waals surface area contributed by atoms with Crippen molar-refractivity contribution >= 4 is 0 Å². The van der Waals surface area contributed by atoms with Gasteiger partial charge in [0, 0.05) is 0 Å². The summed E-state index contributed by atoms with van der Waals surface area (Å²) in [5, 5.41) is 0. The first-order chi connectivity index (χ1) is 9.43. The van der Waals surface area contributed by atoms with Gasteiger partial charge in [-0.05, 0) is 54.7 Å². The number of methoxy groups -OCH3 is 1. The van der Waals surface area contributed by atoms with Crippen LogP contribution in [-0.4, -0.2) is 7.11 Å². The highest BCUT2D eigenvalue weighted by Crippen LogP contribution is 2.29. The molecule has 0 fully saturated rings. The highest BCUT2D eigenvalue weighted by atomic mass is 19.1. The maximum Gasteiger partial charge on any atom is 0.126 e. The van der Waals surface area contributed by atoms with E-state index in [0.717, 1.165) is 28.0 Å². The van der Waals surface area contributed by atoms with Crippen LogP contribution in [0.3, 0.4) is 0 Å². The van der Waals surface area contributed by atoms with Crippen molar-refractivity contribution in [3.05, 3.63) is 64.0 Å². The molecule has 2 nitrogen and oxygen atoms in total. The number of benzene rings is 2. The van der Waals surface area contributed by atoms with Crippen molar-refractivity contribution in [3.63, 3.8) is 0 Å². The van der Waals surface area contributed by atoms with Gasteiger partial charge in [-0.1, -0.05) is 24.3 Å². The van der Waals surface area contributed by atoms with Crippen molar-refractivity contribution in [1.82, 2.24) is 0 Å². The number of halogens is 1. The molecule has 2 rings (SSSR count). The topological polar surface area (TPSA) is 35.2 Å². The first-order valence-corrected chi connectivity index (χ1v) is 6.60. The molecule has 2 aromatic carbocycles. The minimum absolute atomic E-state index is 0.206. The van der Waals surface area contributed by atoms with Crippen molar-refractivity contribution < 1.29 is 9.13 Å². The van der Waals surface area contributed by atoms with Crippen LogP contribution in [0.15, 0.2) is 30.3 Å². The second-order valence-electron chi connectivity index (χ2n) is 5.17. The molecule has 0 amide bonds. The fourth-order valence-electron chi connectivity index (χ4n) is 2.54. The summed E-state index contributed by atoms with van der Waals surface area (Å²) >= 11 is 0. The van der Waals surface area contributed by atoms with Crippen molar-refractivity contribution in [2.24, 2.45) is 5.73 Å². The van der Waals surface area contributed by atoms with Gasteiger partial charge in [-0.3, -0.25) is 0 Å². The van der Waals surface area contributed by atoms with Gasteiger partial charge in [-0.15, -0.1) is 0 Å². The molecule has 2 N–H and O–H groups in total. The Bertz CT molecular complexity index is 614. The molecule has 0 saturated heterocycles. The number of ether oxygens (including phenoxy) is 1. The zero-order valence-electron chi connectivity index (χ0n) is 12.3. The standard InChI is InChI=1S/C17H20FNO/c1-10-7-13(5-6-15(10)18)16(19)14-8-11(2)17(20-4)12(3)9-14/h5-9,16H,19H2,1-4H3. The molecule has 2 aromatic rings. The fourth-order valence-corrected chi connectivity index (χ4v) is 2.54. The minimum Gasteiger partial charge on any atom is -0.496 e. The number of nitrogens with two attached hydrogens (primary N) is 1. The van der Waals surface area contributed by atoms with Crippen LogP contribution in [0.25, 0.3) is 0 Å². The van der Waals surface area contributed by atoms with Crippen LogP contribution >= 0.6 is 0 Å². The van der Waals surface area contributed by atoms with E-state index in [1.165, 1.54) is 6.07 Å². The third-order valence-electron chi connectivity index (χ3n) is 3.59. The van der Waals surface area contributed by atoms with E-state index in [9.17, 15) is 4.39 Å². The van der Waals surface area contributed by atoms with Gasteiger partial charge >= 0.3 is 0 Å². The summed E-state index contributed by atoms with van der Waals surface area (Å²) in [4.78, 5) is 0. The van der Waals surface area contributed by atoms with Crippen LogP contribution < -0.4 is 10.5 Å². The number of hydrogen-bond donors (Lipinski definition) is 1. The molecule has 0 spiro atoms. The average Bonchev–Trinajstić information content (AvgIpc) is 2.40. The van der Waals surface area contributed by atoms with E-state index in [4.69, 9.17) is 10.5 Å². The van der Waals surface area contributed by atoms with Crippen LogP contribution in [0.5, 0.6) is 5.75 Å². The maximum atomic E-state index is 13.3. The highest BCUT2D eigenvalue weighted by molar-refractivity contribution is 5.46. The molecule has 0 aliphatic carbocycles. The van der Waals surface area contributed by atoms with Gasteiger partial charge in [0.2, 0.25) is 0 Å². The van der Waals surface area contributed by atoms with Gasteiger partial charge < -0.3 is 10.5 Å². The van der Waals surface area contributed by atoms with E-state index < -0.39 is 0 Å². The molecule has 106 valence electrons. The summed E-state index contributed by atoms with van der Waals surface area (Å²) < 4.78 is 18.7. The molecule has 20 heavy (non-hydrogen) atoms. The van der Waals surface area contributed by atoms with Crippen LogP contribution in [0, 0.1) is 26.6 Å². The molecule has 0 saturated carbocycles. The average molecular weight is 273 g/mol. The smallest absolute Gasteiger partial charge is 0.126 e. The van der Waals surface area contributed by atoms with Gasteiger partial charge in [0.15, 0.2) is 0 Å². The van der Waals surface area contributed by atoms with Crippen LogP contribution in [-0.2, 0) is 0 Å². The predicted octanol–water partition coefficient (Wildman–Crippen LogP) is 3.81. The summed E-state index contributed by atoms with van der Waals surface area (Å²) in [7, 11) is 1.66. The lowest BCUT2D eigenvalue weighted by Crippen LogP contribution is -2.13. The van der Waals surface area contributed by atoms with E-state index >= 15 is 0 Å². The van der Waals surface area contributed by atoms with Crippen molar-refractivity contribution in [3.8, 4) is 5.75 Å². The first kappa shape index (κ1) is 14.5. The Morgan fingerprint density at radius 2 is 1.50 bits per heavy atom. The van der Waals surface area contributed by atoms with Gasteiger partial charge in [0.25, 0.3) is 0 Å². The largest absolute Gasteiger partial charge is 0.496 e. The molecular formula is C17H20FNO. The van der Waals surface area contributed by atoms with Crippen LogP contribution in [0.1, 0.15) is 33.9 Å². The molecule has 3 heteroatoms.